The van der Waals surface area contributed by atoms with Crippen molar-refractivity contribution in [3.63, 3.8) is 0 Å². The van der Waals surface area contributed by atoms with E-state index in [0.29, 0.717) is 0 Å². The summed E-state index contributed by atoms with van der Waals surface area (Å²) in [6.07, 6.45) is 1.99. The number of aryl methyl sites for hydroxylation is 8. The first-order valence-corrected chi connectivity index (χ1v) is 21.7. The second-order valence-electron chi connectivity index (χ2n) is 17.5. The highest BCUT2D eigenvalue weighted by atomic mass is 15.2. The van der Waals surface area contributed by atoms with E-state index < -0.39 is 0 Å². The van der Waals surface area contributed by atoms with Gasteiger partial charge in [-0.2, -0.15) is 0 Å². The van der Waals surface area contributed by atoms with E-state index in [4.69, 9.17) is 9.97 Å². The Balaban J connectivity index is 1.25. The van der Waals surface area contributed by atoms with Crippen molar-refractivity contribution < 1.29 is 0 Å². The zero-order valence-electron chi connectivity index (χ0n) is 36.7. The smallest absolute Gasteiger partial charge is 0.252 e. The lowest BCUT2D eigenvalue weighted by atomic mass is 9.33. The number of fused-ring (bicyclic) bond motifs is 5. The molecule has 0 aliphatic carbocycles. The molecule has 0 radical (unpaired) electrons. The van der Waals surface area contributed by atoms with Crippen LogP contribution in [0.4, 0.5) is 34.1 Å². The highest BCUT2D eigenvalue weighted by Gasteiger charge is 2.44. The Labute approximate surface area is 365 Å². The number of pyridine rings is 1. The van der Waals surface area contributed by atoms with E-state index in [1.165, 1.54) is 95.1 Å². The van der Waals surface area contributed by atoms with Crippen molar-refractivity contribution in [2.45, 2.75) is 55.4 Å². The van der Waals surface area contributed by atoms with Crippen LogP contribution in [-0.2, 0) is 0 Å². The molecule has 9 aromatic rings. The minimum Gasteiger partial charge on any atom is -0.311 e. The zero-order valence-corrected chi connectivity index (χ0v) is 36.7. The molecule has 300 valence electrons. The SMILES string of the molecule is Cc1cnc(-c2ccc3c(c2)B2c4cc(-c5nc6ccccc6n5-c5c(C)cccc5C)ccc4N(c4c(C)cccc4C)c4cccc(c42)N3c2c(C)cccc2C)c(C)c1. The molecule has 11 rings (SSSR count). The Hall–Kier alpha value is -7.18. The van der Waals surface area contributed by atoms with E-state index in [1.54, 1.807) is 0 Å². The highest BCUT2D eigenvalue weighted by molar-refractivity contribution is 7.00. The minimum absolute atomic E-state index is 0.0870. The molecule has 0 atom stereocenters. The molecule has 0 amide bonds. The van der Waals surface area contributed by atoms with Crippen molar-refractivity contribution in [3.8, 4) is 28.3 Å². The van der Waals surface area contributed by atoms with Crippen molar-refractivity contribution in [2.24, 2.45) is 0 Å². The summed E-state index contributed by atoms with van der Waals surface area (Å²) in [5.74, 6) is 0.936. The second-order valence-corrected chi connectivity index (χ2v) is 17.5. The number of benzene rings is 7. The maximum absolute atomic E-state index is 5.44. The Morgan fingerprint density at radius 1 is 0.435 bits per heavy atom. The Bertz CT molecular complexity index is 3250. The highest BCUT2D eigenvalue weighted by Crippen LogP contribution is 2.47. The summed E-state index contributed by atoms with van der Waals surface area (Å²) in [6.45, 7) is 17.6. The van der Waals surface area contributed by atoms with Crippen LogP contribution in [-0.4, -0.2) is 21.2 Å². The zero-order chi connectivity index (χ0) is 42.6. The fourth-order valence-electron chi connectivity index (χ4n) is 10.7. The summed E-state index contributed by atoms with van der Waals surface area (Å²) in [5, 5.41) is 0. The van der Waals surface area contributed by atoms with Crippen LogP contribution < -0.4 is 26.2 Å². The van der Waals surface area contributed by atoms with Gasteiger partial charge in [0, 0.05) is 40.1 Å². The molecule has 0 unspecified atom stereocenters. The van der Waals surface area contributed by atoms with Crippen LogP contribution in [0.2, 0.25) is 0 Å². The predicted molar refractivity (Wildman–Crippen MR) is 262 cm³/mol. The monoisotopic (exact) mass is 801 g/mol. The molecule has 0 saturated heterocycles. The molecule has 2 aromatic heterocycles. The van der Waals surface area contributed by atoms with Crippen LogP contribution in [0.25, 0.3) is 39.4 Å². The summed E-state index contributed by atoms with van der Waals surface area (Å²) in [6, 6.07) is 51.7. The summed E-state index contributed by atoms with van der Waals surface area (Å²) < 4.78 is 2.38. The third-order valence-electron chi connectivity index (χ3n) is 13.3. The first-order valence-electron chi connectivity index (χ1n) is 21.7. The van der Waals surface area contributed by atoms with Crippen molar-refractivity contribution in [3.05, 3.63) is 190 Å². The molecule has 5 nitrogen and oxygen atoms in total. The first-order chi connectivity index (χ1) is 30.1. The fourth-order valence-corrected chi connectivity index (χ4v) is 10.7. The maximum Gasteiger partial charge on any atom is 0.252 e. The van der Waals surface area contributed by atoms with Crippen molar-refractivity contribution in [1.82, 2.24) is 14.5 Å². The average molecular weight is 802 g/mol. The normalized spacial score (nSPS) is 12.7. The standard InChI is InChI=1S/C56H48BN5/c1-33-29-40(8)52(58-32-33)41-25-27-46-43(30-41)57-44-31-42(56-59-45-21-9-10-22-48(45)62(56)55-38(6)19-13-20-39(55)7)26-28-47(44)61(54-36(4)17-12-18-37(54)5)50-24-14-23-49(51(50)57)60(46)53-34(2)15-11-16-35(53)3/h9-32H,1-8H3. The molecular formula is C56H48BN5. The molecule has 0 spiro atoms. The van der Waals surface area contributed by atoms with E-state index >= 15 is 0 Å². The van der Waals surface area contributed by atoms with Crippen LogP contribution in [0.15, 0.2) is 146 Å². The molecule has 0 N–H and O–H groups in total. The van der Waals surface area contributed by atoms with E-state index in [0.717, 1.165) is 39.2 Å². The Kier molecular flexibility index (Phi) is 8.66. The maximum atomic E-state index is 5.44. The fraction of sp³-hybridized carbons (Fsp3) is 0.143. The number of aromatic nitrogens is 3. The third kappa shape index (κ3) is 5.62. The molecule has 0 saturated carbocycles. The number of anilines is 6. The lowest BCUT2D eigenvalue weighted by Gasteiger charge is -2.45. The summed E-state index contributed by atoms with van der Waals surface area (Å²) >= 11 is 0. The molecule has 0 bridgehead atoms. The number of hydrogen-bond acceptors (Lipinski definition) is 4. The summed E-state index contributed by atoms with van der Waals surface area (Å²) in [5.41, 5.74) is 27.2. The van der Waals surface area contributed by atoms with E-state index in [-0.39, 0.29) is 6.71 Å². The molecule has 6 heteroatoms. The van der Waals surface area contributed by atoms with Gasteiger partial charge < -0.3 is 9.80 Å². The number of rotatable bonds is 5. The largest absolute Gasteiger partial charge is 0.311 e. The van der Waals surface area contributed by atoms with Crippen LogP contribution in [0.3, 0.4) is 0 Å². The van der Waals surface area contributed by atoms with Crippen molar-refractivity contribution >= 4 is 68.3 Å². The number of para-hydroxylation sites is 5. The Morgan fingerprint density at radius 3 is 1.50 bits per heavy atom. The molecule has 62 heavy (non-hydrogen) atoms. The molecule has 2 aliphatic heterocycles. The third-order valence-corrected chi connectivity index (χ3v) is 13.3. The number of nitrogens with zero attached hydrogens (tertiary/aromatic N) is 5. The van der Waals surface area contributed by atoms with Gasteiger partial charge in [0.15, 0.2) is 0 Å². The van der Waals surface area contributed by atoms with Crippen LogP contribution >= 0.6 is 0 Å². The lowest BCUT2D eigenvalue weighted by Crippen LogP contribution is -2.61. The van der Waals surface area contributed by atoms with Gasteiger partial charge in [0.2, 0.25) is 0 Å². The van der Waals surface area contributed by atoms with Crippen molar-refractivity contribution in [2.75, 3.05) is 9.80 Å². The van der Waals surface area contributed by atoms with Gasteiger partial charge in [-0.15, -0.1) is 0 Å². The van der Waals surface area contributed by atoms with Crippen LogP contribution in [0.5, 0.6) is 0 Å². The molecule has 2 aliphatic rings. The predicted octanol–water partition coefficient (Wildman–Crippen LogP) is 12.3. The van der Waals surface area contributed by atoms with Gasteiger partial charge >= 0.3 is 0 Å². The van der Waals surface area contributed by atoms with Gasteiger partial charge in [-0.3, -0.25) is 9.55 Å². The molecule has 4 heterocycles. The number of hydrogen-bond donors (Lipinski definition) is 0. The lowest BCUT2D eigenvalue weighted by molar-refractivity contribution is 1.06. The van der Waals surface area contributed by atoms with Crippen LogP contribution in [0, 0.1) is 55.4 Å². The van der Waals surface area contributed by atoms with Crippen molar-refractivity contribution in [1.29, 1.82) is 0 Å². The van der Waals surface area contributed by atoms with E-state index in [9.17, 15) is 0 Å². The quantitative estimate of drug-likeness (QED) is 0.163. The summed E-state index contributed by atoms with van der Waals surface area (Å²) in [7, 11) is 0. The van der Waals surface area contributed by atoms with E-state index in [1.807, 2.05) is 6.20 Å². The van der Waals surface area contributed by atoms with Gasteiger partial charge in [0.25, 0.3) is 6.71 Å². The topological polar surface area (TPSA) is 37.2 Å². The molecule has 7 aromatic carbocycles. The molecule has 0 fully saturated rings. The van der Waals surface area contributed by atoms with E-state index in [2.05, 4.69) is 209 Å². The first kappa shape index (κ1) is 37.8. The number of imidazole rings is 1. The van der Waals surface area contributed by atoms with Crippen LogP contribution in [0.1, 0.15) is 44.5 Å². The van der Waals surface area contributed by atoms with Gasteiger partial charge in [-0.1, -0.05) is 97.1 Å². The Morgan fingerprint density at radius 2 is 0.935 bits per heavy atom. The molecular weight excluding hydrogens is 753 g/mol. The van der Waals surface area contributed by atoms with Gasteiger partial charge in [0.05, 0.1) is 33.8 Å². The average Bonchev–Trinajstić information content (AvgIpc) is 3.63. The minimum atomic E-state index is -0.0870. The summed E-state index contributed by atoms with van der Waals surface area (Å²) in [4.78, 5) is 15.6. The van der Waals surface area contributed by atoms with Gasteiger partial charge in [-0.05, 0) is 159 Å². The van der Waals surface area contributed by atoms with Gasteiger partial charge in [-0.25, -0.2) is 4.98 Å². The second kappa shape index (κ2) is 14.2. The van der Waals surface area contributed by atoms with Gasteiger partial charge in [0.1, 0.15) is 5.82 Å².